The van der Waals surface area contributed by atoms with E-state index >= 15 is 0 Å². The Morgan fingerprint density at radius 1 is 0.792 bits per heavy atom. The van der Waals surface area contributed by atoms with Crippen LogP contribution in [-0.2, 0) is 9.59 Å². The molecule has 0 saturated heterocycles. The van der Waals surface area contributed by atoms with Crippen LogP contribution in [0.25, 0.3) is 5.57 Å². The topological polar surface area (TPSA) is 34.1 Å². The minimum Gasteiger partial charge on any atom is -0.295 e. The molecule has 0 radical (unpaired) electrons. The third-order valence-corrected chi connectivity index (χ3v) is 9.09. The lowest BCUT2D eigenvalue weighted by atomic mass is 9.71. The van der Waals surface area contributed by atoms with Crippen LogP contribution in [0.1, 0.15) is 122 Å². The number of allylic oxidation sites excluding steroid dienone is 20. The van der Waals surface area contributed by atoms with E-state index < -0.39 is 0 Å². The molecule has 1 aromatic carbocycles. The first kappa shape index (κ1) is 44.9. The largest absolute Gasteiger partial charge is 0.295 e. The molecule has 0 aliphatic heterocycles. The molecule has 0 N–H and O–H groups in total. The van der Waals surface area contributed by atoms with Gasteiger partial charge in [-0.3, -0.25) is 9.59 Å². The van der Waals surface area contributed by atoms with Crippen LogP contribution >= 0.6 is 0 Å². The first-order chi connectivity index (χ1) is 24.5. The predicted octanol–water partition coefficient (Wildman–Crippen LogP) is 14.4. The minimum absolute atomic E-state index is 0.123. The summed E-state index contributed by atoms with van der Waals surface area (Å²) in [5, 5.41) is 0. The predicted molar refractivity (Wildman–Crippen MR) is 233 cm³/mol. The average Bonchev–Trinajstić information content (AvgIpc) is 3.51. The molecule has 53 heavy (non-hydrogen) atoms. The van der Waals surface area contributed by atoms with E-state index in [1.165, 1.54) is 0 Å². The van der Waals surface area contributed by atoms with Crippen LogP contribution in [0.3, 0.4) is 0 Å². The van der Waals surface area contributed by atoms with Crippen molar-refractivity contribution < 1.29 is 9.59 Å². The molecule has 284 valence electrons. The van der Waals surface area contributed by atoms with Gasteiger partial charge in [0.25, 0.3) is 0 Å². The van der Waals surface area contributed by atoms with Gasteiger partial charge >= 0.3 is 0 Å². The van der Waals surface area contributed by atoms with E-state index in [1.54, 1.807) is 0 Å². The number of benzene rings is 1. The SMILES string of the molecule is C=CC(/C=C(\C(=O)CC(C)(C)C)C(C)(C)C)=C(\C(=C)/C=C\C=C/C)C1=CC=C(C(=C2C=C(C(C)(C)C)C(=O)C(C(C)(C)C)=C2)c2ccccc2)C1.CC. The van der Waals surface area contributed by atoms with Crippen LogP contribution in [0, 0.1) is 21.7 Å². The third-order valence-electron chi connectivity index (χ3n) is 9.09. The first-order valence-corrected chi connectivity index (χ1v) is 19.3. The summed E-state index contributed by atoms with van der Waals surface area (Å²) >= 11 is 0. The van der Waals surface area contributed by atoms with Gasteiger partial charge in [0, 0.05) is 23.1 Å². The summed E-state index contributed by atoms with van der Waals surface area (Å²) in [6, 6.07) is 10.5. The second-order valence-corrected chi connectivity index (χ2v) is 18.1. The number of carbonyl (C=O) groups excluding carboxylic acids is 2. The van der Waals surface area contributed by atoms with Crippen LogP contribution < -0.4 is 0 Å². The van der Waals surface area contributed by atoms with Crippen LogP contribution in [-0.4, -0.2) is 11.6 Å². The van der Waals surface area contributed by atoms with Crippen molar-refractivity contribution in [3.63, 3.8) is 0 Å². The first-order valence-electron chi connectivity index (χ1n) is 19.3. The fraction of sp³-hybridized carbons (Fsp3) is 0.412. The van der Waals surface area contributed by atoms with Gasteiger partial charge in [0.1, 0.15) is 0 Å². The van der Waals surface area contributed by atoms with Crippen molar-refractivity contribution in [2.24, 2.45) is 21.7 Å². The van der Waals surface area contributed by atoms with Gasteiger partial charge in [-0.15, -0.1) is 0 Å². The maximum Gasteiger partial charge on any atom is 0.186 e. The van der Waals surface area contributed by atoms with E-state index in [0.29, 0.717) is 12.8 Å². The Balaban J connectivity index is 0.00000477. The highest BCUT2D eigenvalue weighted by molar-refractivity contribution is 6.12. The lowest BCUT2D eigenvalue weighted by Crippen LogP contribution is -2.28. The highest BCUT2D eigenvalue weighted by Gasteiger charge is 2.35. The van der Waals surface area contributed by atoms with Gasteiger partial charge in [0.2, 0.25) is 0 Å². The minimum atomic E-state index is -0.366. The molecular formula is C51H68O2. The second-order valence-electron chi connectivity index (χ2n) is 18.1. The van der Waals surface area contributed by atoms with E-state index in [-0.39, 0.29) is 33.2 Å². The number of Topliss-reactive ketones (excluding diaryl/α,β-unsaturated/α-hetero) is 2. The molecule has 3 rings (SSSR count). The zero-order chi connectivity index (χ0) is 40.5. The summed E-state index contributed by atoms with van der Waals surface area (Å²) in [4.78, 5) is 27.7. The molecule has 0 atom stereocenters. The maximum atomic E-state index is 13.9. The zero-order valence-electron chi connectivity index (χ0n) is 35.8. The maximum absolute atomic E-state index is 13.9. The Kier molecular flexibility index (Phi) is 15.4. The van der Waals surface area contributed by atoms with E-state index in [9.17, 15) is 9.59 Å². The van der Waals surface area contributed by atoms with Crippen molar-refractivity contribution >= 4 is 17.1 Å². The quantitative estimate of drug-likeness (QED) is 0.179. The van der Waals surface area contributed by atoms with Crippen molar-refractivity contribution in [2.45, 2.75) is 117 Å². The highest BCUT2D eigenvalue weighted by Crippen LogP contribution is 2.45. The van der Waals surface area contributed by atoms with Crippen molar-refractivity contribution in [2.75, 3.05) is 0 Å². The lowest BCUT2D eigenvalue weighted by Gasteiger charge is -2.32. The molecule has 2 heteroatoms. The molecule has 0 bridgehead atoms. The number of hydrogen-bond donors (Lipinski definition) is 0. The Morgan fingerprint density at radius 2 is 1.32 bits per heavy atom. The summed E-state index contributed by atoms with van der Waals surface area (Å²) in [6.45, 7) is 40.1. The third kappa shape index (κ3) is 12.1. The summed E-state index contributed by atoms with van der Waals surface area (Å²) < 4.78 is 0. The number of rotatable bonds is 10. The molecule has 0 heterocycles. The van der Waals surface area contributed by atoms with E-state index in [2.05, 4.69) is 145 Å². The molecule has 0 aromatic heterocycles. The molecule has 0 unspecified atom stereocenters. The molecule has 1 aromatic rings. The molecule has 2 aliphatic rings. The molecule has 2 aliphatic carbocycles. The van der Waals surface area contributed by atoms with Gasteiger partial charge in [-0.1, -0.05) is 183 Å². The van der Waals surface area contributed by atoms with Crippen molar-refractivity contribution in [1.29, 1.82) is 0 Å². The molecule has 0 saturated carbocycles. The molecule has 2 nitrogen and oxygen atoms in total. The van der Waals surface area contributed by atoms with Gasteiger partial charge < -0.3 is 0 Å². The van der Waals surface area contributed by atoms with E-state index in [4.69, 9.17) is 0 Å². The zero-order valence-corrected chi connectivity index (χ0v) is 35.8. The van der Waals surface area contributed by atoms with Gasteiger partial charge in [-0.2, -0.15) is 0 Å². The van der Waals surface area contributed by atoms with Gasteiger partial charge in [0.05, 0.1) is 0 Å². The Labute approximate surface area is 324 Å². The molecule has 0 amide bonds. The van der Waals surface area contributed by atoms with Crippen molar-refractivity contribution in [1.82, 2.24) is 0 Å². The summed E-state index contributed by atoms with van der Waals surface area (Å²) in [7, 11) is 0. The van der Waals surface area contributed by atoms with Gasteiger partial charge in [-0.05, 0) is 97.8 Å². The van der Waals surface area contributed by atoms with Crippen LogP contribution in [0.4, 0.5) is 0 Å². The molecule has 0 spiro atoms. The summed E-state index contributed by atoms with van der Waals surface area (Å²) in [6.07, 6.45) is 21.6. The smallest absolute Gasteiger partial charge is 0.186 e. The lowest BCUT2D eigenvalue weighted by molar-refractivity contribution is -0.118. The van der Waals surface area contributed by atoms with Crippen molar-refractivity contribution in [3.05, 3.63) is 160 Å². The Hall–Kier alpha value is -4.30. The fourth-order valence-electron chi connectivity index (χ4n) is 6.52. The van der Waals surface area contributed by atoms with Gasteiger partial charge in [-0.25, -0.2) is 0 Å². The van der Waals surface area contributed by atoms with Crippen molar-refractivity contribution in [3.8, 4) is 0 Å². The van der Waals surface area contributed by atoms with Crippen LogP contribution in [0.2, 0.25) is 0 Å². The molecule has 0 fully saturated rings. The monoisotopic (exact) mass is 713 g/mol. The van der Waals surface area contributed by atoms with E-state index in [1.807, 2.05) is 63.3 Å². The summed E-state index contributed by atoms with van der Waals surface area (Å²) in [5.41, 5.74) is 9.47. The van der Waals surface area contributed by atoms with Crippen LogP contribution in [0.5, 0.6) is 0 Å². The molecular weight excluding hydrogens is 645 g/mol. The number of ketones is 2. The van der Waals surface area contributed by atoms with Crippen LogP contribution in [0.15, 0.2) is 154 Å². The fourth-order valence-corrected chi connectivity index (χ4v) is 6.52. The standard InChI is InChI=1S/C49H62O2.C2H6/c1-16-18-20-23-33(3)43(34(17-2)29-39(47(7,8)9)42(50)32-46(4,5)6)36-26-27-37(28-36)44(35-24-21-19-22-25-35)38-30-40(48(10,11)12)45(51)41(31-38)49(13,14)15;1-2/h16-27,29-31H,2-3,28,32H2,1,4-15H3;1-2H3/b18-16-,23-20-,39-29+,43-34-;. The summed E-state index contributed by atoms with van der Waals surface area (Å²) in [5.74, 6) is 0.270. The Morgan fingerprint density at radius 3 is 1.77 bits per heavy atom. The Bertz CT molecular complexity index is 1800. The highest BCUT2D eigenvalue weighted by atomic mass is 16.1. The normalized spacial score (nSPS) is 16.4. The average molecular weight is 713 g/mol. The van der Waals surface area contributed by atoms with Gasteiger partial charge in [0.15, 0.2) is 11.6 Å². The van der Waals surface area contributed by atoms with E-state index in [0.717, 1.165) is 61.3 Å². The number of carbonyl (C=O) groups is 2. The number of hydrogen-bond acceptors (Lipinski definition) is 2. The second kappa shape index (κ2) is 18.2.